The number of halogens is 2. The van der Waals surface area contributed by atoms with E-state index in [0.717, 1.165) is 23.3 Å². The molecule has 0 unspecified atom stereocenters. The van der Waals surface area contributed by atoms with Crippen LogP contribution in [0.15, 0.2) is 72.8 Å². The lowest BCUT2D eigenvalue weighted by atomic mass is 10.0. The number of hydrogen-bond acceptors (Lipinski definition) is 4. The molecule has 0 saturated heterocycles. The summed E-state index contributed by atoms with van der Waals surface area (Å²) in [4.78, 5) is 28.9. The number of hydrogen-bond donors (Lipinski definition) is 1. The van der Waals surface area contributed by atoms with Gasteiger partial charge in [0.15, 0.2) is 0 Å². The SMILES string of the molecule is CC[C@@H](C)NC(=O)[C@H](Cc1ccccc1)N(Cc1ccc(Cl)cc1Cl)C(=O)CCCOc1ccc(OC)cc1. The van der Waals surface area contributed by atoms with Crippen LogP contribution < -0.4 is 14.8 Å². The molecule has 3 aromatic carbocycles. The summed E-state index contributed by atoms with van der Waals surface area (Å²) in [7, 11) is 1.61. The second-order valence-electron chi connectivity index (χ2n) is 9.41. The van der Waals surface area contributed by atoms with E-state index in [9.17, 15) is 9.59 Å². The average Bonchev–Trinajstić information content (AvgIpc) is 2.94. The van der Waals surface area contributed by atoms with Crippen molar-refractivity contribution < 1.29 is 19.1 Å². The first-order valence-corrected chi connectivity index (χ1v) is 13.9. The third-order valence-corrected chi connectivity index (χ3v) is 7.08. The van der Waals surface area contributed by atoms with Gasteiger partial charge in [0.1, 0.15) is 17.5 Å². The molecule has 0 saturated carbocycles. The predicted molar refractivity (Wildman–Crippen MR) is 157 cm³/mol. The van der Waals surface area contributed by atoms with Gasteiger partial charge in [0.05, 0.1) is 13.7 Å². The third kappa shape index (κ3) is 9.48. The average molecular weight is 572 g/mol. The Hall–Kier alpha value is -3.22. The van der Waals surface area contributed by atoms with Crippen LogP contribution in [0.4, 0.5) is 0 Å². The molecule has 2 atom stereocenters. The van der Waals surface area contributed by atoms with E-state index in [1.807, 2.05) is 68.4 Å². The highest BCUT2D eigenvalue weighted by Crippen LogP contribution is 2.25. The van der Waals surface area contributed by atoms with Crippen molar-refractivity contribution in [2.24, 2.45) is 0 Å². The number of carbonyl (C=O) groups is 2. The number of carbonyl (C=O) groups excluding carboxylic acids is 2. The monoisotopic (exact) mass is 570 g/mol. The molecule has 0 spiro atoms. The summed E-state index contributed by atoms with van der Waals surface area (Å²) in [5.41, 5.74) is 1.68. The van der Waals surface area contributed by atoms with E-state index in [1.165, 1.54) is 0 Å². The van der Waals surface area contributed by atoms with E-state index in [4.69, 9.17) is 32.7 Å². The first-order chi connectivity index (χ1) is 18.8. The van der Waals surface area contributed by atoms with Crippen LogP contribution in [-0.2, 0) is 22.6 Å². The molecule has 0 aliphatic carbocycles. The number of nitrogens with zero attached hydrogens (tertiary/aromatic N) is 1. The molecule has 39 heavy (non-hydrogen) atoms. The van der Waals surface area contributed by atoms with E-state index in [-0.39, 0.29) is 30.8 Å². The van der Waals surface area contributed by atoms with Crippen molar-refractivity contribution >= 4 is 35.0 Å². The second-order valence-corrected chi connectivity index (χ2v) is 10.3. The molecule has 0 fully saturated rings. The van der Waals surface area contributed by atoms with E-state index in [1.54, 1.807) is 30.2 Å². The summed E-state index contributed by atoms with van der Waals surface area (Å²) in [6.45, 7) is 4.50. The first-order valence-electron chi connectivity index (χ1n) is 13.1. The van der Waals surface area contributed by atoms with Crippen molar-refractivity contribution in [2.45, 2.75) is 58.2 Å². The number of methoxy groups -OCH3 is 1. The molecule has 2 amide bonds. The van der Waals surface area contributed by atoms with Gasteiger partial charge in [-0.15, -0.1) is 0 Å². The Morgan fingerprint density at radius 3 is 2.31 bits per heavy atom. The second kappa shape index (κ2) is 15.4. The van der Waals surface area contributed by atoms with E-state index in [2.05, 4.69) is 5.32 Å². The summed E-state index contributed by atoms with van der Waals surface area (Å²) in [5, 5.41) is 4.03. The molecule has 3 rings (SSSR count). The maximum atomic E-state index is 13.7. The van der Waals surface area contributed by atoms with Crippen LogP contribution >= 0.6 is 23.2 Å². The zero-order valence-electron chi connectivity index (χ0n) is 22.7. The van der Waals surface area contributed by atoms with Gasteiger partial charge in [-0.25, -0.2) is 0 Å². The summed E-state index contributed by atoms with van der Waals surface area (Å²) in [6.07, 6.45) is 1.86. The highest BCUT2D eigenvalue weighted by molar-refractivity contribution is 6.35. The van der Waals surface area contributed by atoms with Crippen molar-refractivity contribution in [1.82, 2.24) is 10.2 Å². The van der Waals surface area contributed by atoms with E-state index >= 15 is 0 Å². The fourth-order valence-corrected chi connectivity index (χ4v) is 4.53. The highest BCUT2D eigenvalue weighted by atomic mass is 35.5. The molecular weight excluding hydrogens is 535 g/mol. The Labute approximate surface area is 241 Å². The zero-order chi connectivity index (χ0) is 28.2. The number of amides is 2. The number of ether oxygens (including phenoxy) is 2. The van der Waals surface area contributed by atoms with Gasteiger partial charge < -0.3 is 19.7 Å². The molecule has 208 valence electrons. The smallest absolute Gasteiger partial charge is 0.243 e. The van der Waals surface area contributed by atoms with Gasteiger partial charge in [-0.1, -0.05) is 66.5 Å². The van der Waals surface area contributed by atoms with Crippen molar-refractivity contribution in [3.05, 3.63) is 94.0 Å². The Kier molecular flexibility index (Phi) is 12.0. The van der Waals surface area contributed by atoms with Gasteiger partial charge in [-0.3, -0.25) is 9.59 Å². The molecule has 0 aromatic heterocycles. The number of rotatable bonds is 14. The van der Waals surface area contributed by atoms with Crippen LogP contribution in [0.5, 0.6) is 11.5 Å². The normalized spacial score (nSPS) is 12.3. The van der Waals surface area contributed by atoms with Crippen LogP contribution in [0, 0.1) is 0 Å². The van der Waals surface area contributed by atoms with Gasteiger partial charge >= 0.3 is 0 Å². The van der Waals surface area contributed by atoms with E-state index in [0.29, 0.717) is 35.2 Å². The topological polar surface area (TPSA) is 67.9 Å². The van der Waals surface area contributed by atoms with Crippen LogP contribution in [0.3, 0.4) is 0 Å². The molecule has 0 bridgehead atoms. The maximum absolute atomic E-state index is 13.7. The Balaban J connectivity index is 1.81. The fraction of sp³-hybridized carbons (Fsp3) is 0.355. The Morgan fingerprint density at radius 1 is 0.974 bits per heavy atom. The van der Waals surface area contributed by atoms with Crippen LogP contribution in [0.2, 0.25) is 10.0 Å². The van der Waals surface area contributed by atoms with Gasteiger partial charge in [-0.2, -0.15) is 0 Å². The van der Waals surface area contributed by atoms with Gasteiger partial charge in [0.2, 0.25) is 11.8 Å². The summed E-state index contributed by atoms with van der Waals surface area (Å²) in [5.74, 6) is 1.10. The minimum Gasteiger partial charge on any atom is -0.497 e. The third-order valence-electron chi connectivity index (χ3n) is 6.49. The van der Waals surface area contributed by atoms with Crippen molar-refractivity contribution in [3.8, 4) is 11.5 Å². The van der Waals surface area contributed by atoms with Crippen LogP contribution in [0.1, 0.15) is 44.2 Å². The van der Waals surface area contributed by atoms with Crippen molar-refractivity contribution in [2.75, 3.05) is 13.7 Å². The van der Waals surface area contributed by atoms with Crippen LogP contribution in [0.25, 0.3) is 0 Å². The van der Waals surface area contributed by atoms with Crippen molar-refractivity contribution in [1.29, 1.82) is 0 Å². The quantitative estimate of drug-likeness (QED) is 0.218. The summed E-state index contributed by atoms with van der Waals surface area (Å²) < 4.78 is 11.0. The van der Waals surface area contributed by atoms with Crippen molar-refractivity contribution in [3.63, 3.8) is 0 Å². The standard InChI is InChI=1S/C31H36Cl2N2O4/c1-4-22(2)34-31(37)29(19-23-9-6-5-7-10-23)35(21-24-12-13-25(32)20-28(24)33)30(36)11-8-18-39-27-16-14-26(38-3)15-17-27/h5-7,9-10,12-17,20,22,29H,4,8,11,18-19,21H2,1-3H3,(H,34,37)/t22-,29+/m1/s1. The van der Waals surface area contributed by atoms with Gasteiger partial charge in [0.25, 0.3) is 0 Å². The Bertz CT molecular complexity index is 1200. The lowest BCUT2D eigenvalue weighted by molar-refractivity contribution is -0.141. The summed E-state index contributed by atoms with van der Waals surface area (Å²) in [6, 6.07) is 21.4. The first kappa shape index (κ1) is 30.3. The number of nitrogens with one attached hydrogen (secondary N) is 1. The largest absolute Gasteiger partial charge is 0.497 e. The van der Waals surface area contributed by atoms with Gasteiger partial charge in [-0.05, 0) is 67.3 Å². The molecular formula is C31H36Cl2N2O4. The maximum Gasteiger partial charge on any atom is 0.243 e. The molecule has 1 N–H and O–H groups in total. The van der Waals surface area contributed by atoms with E-state index < -0.39 is 6.04 Å². The molecule has 8 heteroatoms. The van der Waals surface area contributed by atoms with Gasteiger partial charge in [0, 0.05) is 35.5 Å². The minimum atomic E-state index is -0.719. The molecule has 0 radical (unpaired) electrons. The highest BCUT2D eigenvalue weighted by Gasteiger charge is 2.31. The molecule has 0 heterocycles. The molecule has 6 nitrogen and oxygen atoms in total. The number of benzene rings is 3. The lowest BCUT2D eigenvalue weighted by Gasteiger charge is -2.32. The minimum absolute atomic E-state index is 0.0234. The Morgan fingerprint density at radius 2 is 1.67 bits per heavy atom. The molecule has 0 aliphatic rings. The predicted octanol–water partition coefficient (Wildman–Crippen LogP) is 6.72. The van der Waals surface area contributed by atoms with Crippen LogP contribution in [-0.4, -0.2) is 42.5 Å². The fourth-order valence-electron chi connectivity index (χ4n) is 4.06. The summed E-state index contributed by atoms with van der Waals surface area (Å²) >= 11 is 12.6. The molecule has 3 aromatic rings. The zero-order valence-corrected chi connectivity index (χ0v) is 24.2. The lowest BCUT2D eigenvalue weighted by Crippen LogP contribution is -2.52. The molecule has 0 aliphatic heterocycles.